The van der Waals surface area contributed by atoms with Crippen LogP contribution in [0.25, 0.3) is 0 Å². The van der Waals surface area contributed by atoms with Crippen LogP contribution < -0.4 is 36.8 Å². The van der Waals surface area contributed by atoms with Gasteiger partial charge >= 0.3 is 0 Å². The zero-order valence-electron chi connectivity index (χ0n) is 69.7. The van der Waals surface area contributed by atoms with E-state index in [0.717, 1.165) is 24.2 Å². The summed E-state index contributed by atoms with van der Waals surface area (Å²) in [5.41, 5.74) is 1.01. The molecule has 7 rings (SSSR count). The number of nitrogens with zero attached hydrogens (tertiary/aromatic N) is 8. The maximum atomic E-state index is 15.8. The maximum absolute atomic E-state index is 15.8. The summed E-state index contributed by atoms with van der Waals surface area (Å²) in [6, 6.07) is 20.6. The number of nitrogens with one attached hydrogen (secondary N) is 6. The lowest BCUT2D eigenvalue weighted by atomic mass is 9.91. The average molecular weight is 1580 g/mol. The van der Waals surface area contributed by atoms with Crippen LogP contribution in [0.5, 0.6) is 0 Å². The van der Waals surface area contributed by atoms with E-state index in [-0.39, 0.29) is 75.7 Å². The number of likely N-dealkylation sites (N-methyl/N-ethyl adjacent to an activating group) is 5. The van der Waals surface area contributed by atoms with Crippen molar-refractivity contribution in [3.8, 4) is 0 Å². The number of amides is 14. The van der Waals surface area contributed by atoms with Gasteiger partial charge in [0.1, 0.15) is 66.0 Å². The van der Waals surface area contributed by atoms with Crippen molar-refractivity contribution in [1.82, 2.24) is 66.2 Å². The Morgan fingerprint density at radius 3 is 1.68 bits per heavy atom. The summed E-state index contributed by atoms with van der Waals surface area (Å²) in [4.78, 5) is 221. The van der Waals surface area contributed by atoms with Crippen LogP contribution in [0.4, 0.5) is 5.69 Å². The van der Waals surface area contributed by atoms with Crippen LogP contribution in [-0.2, 0) is 92.8 Å². The second-order valence-electron chi connectivity index (χ2n) is 32.6. The van der Waals surface area contributed by atoms with Crippen molar-refractivity contribution in [3.05, 3.63) is 138 Å². The first-order chi connectivity index (χ1) is 53.9. The lowest BCUT2D eigenvalue weighted by Crippen LogP contribution is -2.65. The number of benzene rings is 4. The third-order valence-electron chi connectivity index (χ3n) is 22.2. The van der Waals surface area contributed by atoms with Crippen LogP contribution in [-0.4, -0.2) is 251 Å². The quantitative estimate of drug-likeness (QED) is 0.0732. The number of anilines is 1. The molecule has 3 heterocycles. The molecule has 3 aliphatic rings. The summed E-state index contributed by atoms with van der Waals surface area (Å²) >= 11 is 0. The topological polar surface area (TPSA) is 337 Å². The van der Waals surface area contributed by atoms with Gasteiger partial charge in [-0.05, 0) is 104 Å². The molecule has 0 bridgehead atoms. The molecule has 4 aromatic carbocycles. The van der Waals surface area contributed by atoms with Crippen LogP contribution in [0, 0.1) is 23.7 Å². The second kappa shape index (κ2) is 41.5. The Bertz CT molecular complexity index is 4040. The summed E-state index contributed by atoms with van der Waals surface area (Å²) in [7, 11) is 8.42. The highest BCUT2D eigenvalue weighted by atomic mass is 16.2. The normalized spacial score (nSPS) is 23.8. The first kappa shape index (κ1) is 90.7. The molecular weight excluding hydrogens is 1450 g/mol. The van der Waals surface area contributed by atoms with Crippen LogP contribution in [0.15, 0.2) is 115 Å². The lowest BCUT2D eigenvalue weighted by molar-refractivity contribution is -0.150. The van der Waals surface area contributed by atoms with E-state index in [4.69, 9.17) is 0 Å². The number of carbonyl (C=O) groups excluding carboxylic acids is 14. The van der Waals surface area contributed by atoms with Crippen molar-refractivity contribution in [2.24, 2.45) is 23.7 Å². The van der Waals surface area contributed by atoms with Crippen molar-refractivity contribution < 1.29 is 67.1 Å². The van der Waals surface area contributed by atoms with E-state index in [9.17, 15) is 28.8 Å². The Morgan fingerprint density at radius 2 is 1.11 bits per heavy atom. The summed E-state index contributed by atoms with van der Waals surface area (Å²) < 4.78 is 0. The molecule has 3 unspecified atom stereocenters. The van der Waals surface area contributed by atoms with Crippen molar-refractivity contribution in [2.75, 3.05) is 73.4 Å². The smallest absolute Gasteiger partial charge is 0.250 e. The number of fused-ring (bicyclic) bond motifs is 1. The third kappa shape index (κ3) is 23.6. The van der Waals surface area contributed by atoms with Crippen molar-refractivity contribution in [3.63, 3.8) is 0 Å². The Morgan fingerprint density at radius 1 is 0.553 bits per heavy atom. The van der Waals surface area contributed by atoms with E-state index >= 15 is 38.4 Å². The minimum atomic E-state index is -1.92. The summed E-state index contributed by atoms with van der Waals surface area (Å²) in [6.45, 7) is 19.0. The molecule has 6 N–H and O–H groups in total. The minimum absolute atomic E-state index is 0.0183. The van der Waals surface area contributed by atoms with Crippen LogP contribution in [0.2, 0.25) is 0 Å². The van der Waals surface area contributed by atoms with Gasteiger partial charge < -0.3 is 66.2 Å². The molecule has 0 spiro atoms. The summed E-state index contributed by atoms with van der Waals surface area (Å²) in [5, 5.41) is 17.0. The number of likely N-dealkylation sites (tertiary alicyclic amines) is 1. The van der Waals surface area contributed by atoms with Gasteiger partial charge in [-0.25, -0.2) is 0 Å². The maximum Gasteiger partial charge on any atom is 0.250 e. The van der Waals surface area contributed by atoms with Gasteiger partial charge in [0.25, 0.3) is 5.91 Å². The molecule has 0 radical (unpaired) electrons. The largest absolute Gasteiger partial charge is 0.345 e. The summed E-state index contributed by atoms with van der Waals surface area (Å²) in [5.74, 6) is -11.5. The molecule has 3 aliphatic heterocycles. The number of hydrogen-bond acceptors (Lipinski definition) is 14. The molecule has 14 amide bonds. The Kier molecular flexibility index (Phi) is 33.0. The highest BCUT2D eigenvalue weighted by Crippen LogP contribution is 2.34. The van der Waals surface area contributed by atoms with E-state index in [1.807, 2.05) is 45.9 Å². The zero-order valence-corrected chi connectivity index (χ0v) is 69.7. The molecule has 620 valence electrons. The van der Waals surface area contributed by atoms with E-state index < -0.39 is 168 Å². The highest BCUT2D eigenvalue weighted by Gasteiger charge is 2.48. The Hall–Kier alpha value is -10.5. The van der Waals surface area contributed by atoms with Gasteiger partial charge in [0.15, 0.2) is 0 Å². The van der Waals surface area contributed by atoms with Crippen LogP contribution in [0.1, 0.15) is 150 Å². The number of carbonyl (C=O) groups is 14. The lowest BCUT2D eigenvalue weighted by Gasteiger charge is -2.42. The predicted molar refractivity (Wildman–Crippen MR) is 434 cm³/mol. The van der Waals surface area contributed by atoms with Gasteiger partial charge in [-0.15, -0.1) is 0 Å². The molecule has 0 saturated carbocycles. The first-order valence-corrected chi connectivity index (χ1v) is 40.1. The Balaban J connectivity index is 1.30. The molecule has 114 heavy (non-hydrogen) atoms. The molecule has 2 fully saturated rings. The monoisotopic (exact) mass is 1570 g/mol. The van der Waals surface area contributed by atoms with Crippen molar-refractivity contribution >= 4 is 88.4 Å². The van der Waals surface area contributed by atoms with Crippen LogP contribution >= 0.6 is 0 Å². The van der Waals surface area contributed by atoms with E-state index in [0.29, 0.717) is 41.0 Å². The molecule has 0 aliphatic carbocycles. The van der Waals surface area contributed by atoms with Crippen LogP contribution in [0.3, 0.4) is 0 Å². The van der Waals surface area contributed by atoms with E-state index in [1.165, 1.54) is 78.6 Å². The van der Waals surface area contributed by atoms with Gasteiger partial charge in [0.2, 0.25) is 76.8 Å². The number of hydrogen-bond donors (Lipinski definition) is 6. The SMILES string of the molecule is CCC1(C)NC(=O)[C@H](C(C)C)N(C)C(=O)[C@H](Cc2ccccc2)NC(=O)C(CC(C)C)N(C)C(=O)CNC(=O)[C@H](Cc2ccccc2)N(C)C(=O)[C@H](CC(C)C)N(C)C(=O)[C@H](C(C)C)NC(=O)CCN(C)C(=O)CC(C(=O)N(C)[C@H]2Cc3ccccc3N([C@@H](Cc3ccccc3)C(=O)N[C@@H](C)C(=O)N3CCCCC3)C2=O)NC1=O. The number of para-hydroxylation sites is 1. The molecule has 2 saturated heterocycles. The molecule has 28 nitrogen and oxygen atoms in total. The molecule has 4 aromatic rings. The molecule has 0 aromatic heterocycles. The standard InChI is InChI=1S/C86H122N14O14/c1-18-86(11)85(114)90-63(80(109)96(15)69-50-61-39-29-30-40-64(61)100(83(69)112)67(49-60-37-27-21-28-38-60)77(106)88-57(10)79(108)99-42-31-22-32-43-99)51-71(102)93(12)44-41-70(101)91-73(55(6)7)84(113)97(16)68(46-54(4)5)82(111)95(14)66(48-59-35-25-20-26-36-59)75(104)87-52-72(103)94(13)65(45-53(2)3)76(105)89-62(47-58-33-23-19-24-34-58)81(110)98(17)74(56(8)9)78(107)92-86/h19-21,23-30,33-40,53-57,62-63,65-69,73-74H,18,22,31-32,41-52H2,1-17H3,(H,87,104)(H,88,106)(H,89,105)(H,90,114)(H,91,101)(H,92,107)/t57-,62-,63?,65?,66-,67-,68-,69-,73-,74-,86?/m0/s1. The fraction of sp³-hybridized carbons (Fsp3) is 0.558. The van der Waals surface area contributed by atoms with Crippen molar-refractivity contribution in [1.29, 1.82) is 0 Å². The van der Waals surface area contributed by atoms with Gasteiger partial charge in [-0.2, -0.15) is 0 Å². The first-order valence-electron chi connectivity index (χ1n) is 40.1. The minimum Gasteiger partial charge on any atom is -0.345 e. The number of rotatable bonds is 19. The van der Waals surface area contributed by atoms with Gasteiger partial charge in [-0.3, -0.25) is 72.0 Å². The molecule has 11 atom stereocenters. The third-order valence-corrected chi connectivity index (χ3v) is 22.2. The van der Waals surface area contributed by atoms with Gasteiger partial charge in [-0.1, -0.05) is 172 Å². The molecular formula is C86H122N14O14. The fourth-order valence-corrected chi connectivity index (χ4v) is 15.0. The van der Waals surface area contributed by atoms with Gasteiger partial charge in [0.05, 0.1) is 13.0 Å². The highest BCUT2D eigenvalue weighted by molar-refractivity contribution is 6.08. The zero-order chi connectivity index (χ0) is 84.2. The Labute approximate surface area is 672 Å². The van der Waals surface area contributed by atoms with Crippen molar-refractivity contribution in [2.45, 2.75) is 219 Å². The average Bonchev–Trinajstić information content (AvgIpc) is 0.758. The van der Waals surface area contributed by atoms with E-state index in [2.05, 4.69) is 31.9 Å². The second-order valence-corrected chi connectivity index (χ2v) is 32.6. The fourth-order valence-electron chi connectivity index (χ4n) is 15.0. The summed E-state index contributed by atoms with van der Waals surface area (Å²) in [6.07, 6.45) is 1.31. The van der Waals surface area contributed by atoms with E-state index in [1.54, 1.807) is 144 Å². The predicted octanol–water partition coefficient (Wildman–Crippen LogP) is 4.84. The number of piperidine rings is 1. The molecule has 28 heteroatoms. The van der Waals surface area contributed by atoms with Gasteiger partial charge in [0, 0.05) is 99.7 Å².